The number of hydrogen-bond acceptors (Lipinski definition) is 6. The molecule has 4 rings (SSSR count). The lowest BCUT2D eigenvalue weighted by Gasteiger charge is -2.17. The van der Waals surface area contributed by atoms with Gasteiger partial charge >= 0.3 is 0 Å². The number of nitrogens with zero attached hydrogens (tertiary/aromatic N) is 6. The minimum absolute atomic E-state index is 0.826. The summed E-state index contributed by atoms with van der Waals surface area (Å²) in [6, 6.07) is 5.86. The maximum absolute atomic E-state index is 4.65. The largest absolute Gasteiger partial charge is 0.296 e. The lowest BCUT2D eigenvalue weighted by Crippen LogP contribution is -2.25. The van der Waals surface area contributed by atoms with Gasteiger partial charge in [0.15, 0.2) is 10.8 Å². The second kappa shape index (κ2) is 6.10. The summed E-state index contributed by atoms with van der Waals surface area (Å²) >= 11 is 1.53. The van der Waals surface area contributed by atoms with Gasteiger partial charge in [-0.2, -0.15) is 9.61 Å². The second-order valence-corrected chi connectivity index (χ2v) is 6.58. The van der Waals surface area contributed by atoms with Crippen LogP contribution in [0.3, 0.4) is 0 Å². The zero-order valence-electron chi connectivity index (χ0n) is 12.4. The molecule has 3 aromatic rings. The fourth-order valence-corrected chi connectivity index (χ4v) is 3.68. The average molecular weight is 314 g/mol. The summed E-state index contributed by atoms with van der Waals surface area (Å²) in [5.41, 5.74) is 0.888. The highest BCUT2D eigenvalue weighted by Gasteiger charge is 2.17. The Morgan fingerprint density at radius 3 is 2.68 bits per heavy atom. The monoisotopic (exact) mass is 314 g/mol. The van der Waals surface area contributed by atoms with E-state index >= 15 is 0 Å². The molecule has 6 nitrogen and oxygen atoms in total. The van der Waals surface area contributed by atoms with Gasteiger partial charge in [-0.25, -0.2) is 0 Å². The predicted octanol–water partition coefficient (Wildman–Crippen LogP) is 2.62. The van der Waals surface area contributed by atoms with Crippen LogP contribution in [0.5, 0.6) is 0 Å². The molecule has 4 heterocycles. The van der Waals surface area contributed by atoms with E-state index in [1.54, 1.807) is 6.20 Å². The van der Waals surface area contributed by atoms with E-state index in [-0.39, 0.29) is 0 Å². The maximum atomic E-state index is 4.65. The molecule has 1 fully saturated rings. The van der Waals surface area contributed by atoms with Gasteiger partial charge in [-0.1, -0.05) is 30.2 Å². The van der Waals surface area contributed by atoms with Crippen LogP contribution in [-0.2, 0) is 6.54 Å². The van der Waals surface area contributed by atoms with E-state index < -0.39 is 0 Å². The molecule has 0 atom stereocenters. The van der Waals surface area contributed by atoms with Crippen LogP contribution in [0.25, 0.3) is 15.7 Å². The lowest BCUT2D eigenvalue weighted by atomic mass is 10.2. The van der Waals surface area contributed by atoms with Crippen molar-refractivity contribution in [2.24, 2.45) is 0 Å². The predicted molar refractivity (Wildman–Crippen MR) is 85.6 cm³/mol. The van der Waals surface area contributed by atoms with Gasteiger partial charge in [0.25, 0.3) is 0 Å². The van der Waals surface area contributed by atoms with Crippen molar-refractivity contribution in [1.29, 1.82) is 0 Å². The van der Waals surface area contributed by atoms with Crippen LogP contribution in [0.2, 0.25) is 0 Å². The van der Waals surface area contributed by atoms with Crippen LogP contribution in [0, 0.1) is 0 Å². The fourth-order valence-electron chi connectivity index (χ4n) is 2.84. The highest BCUT2D eigenvalue weighted by molar-refractivity contribution is 7.19. The molecule has 1 saturated heterocycles. The summed E-state index contributed by atoms with van der Waals surface area (Å²) in [5, 5.41) is 14.1. The molecule has 0 saturated carbocycles. The summed E-state index contributed by atoms with van der Waals surface area (Å²) in [5.74, 6) is 0.926. The van der Waals surface area contributed by atoms with Crippen LogP contribution >= 0.6 is 11.3 Å². The minimum atomic E-state index is 0.826. The molecule has 1 aliphatic rings. The molecule has 0 aliphatic carbocycles. The zero-order chi connectivity index (χ0) is 14.8. The van der Waals surface area contributed by atoms with E-state index in [1.807, 2.05) is 22.7 Å². The Labute approximate surface area is 132 Å². The molecule has 22 heavy (non-hydrogen) atoms. The van der Waals surface area contributed by atoms with Crippen molar-refractivity contribution in [3.8, 4) is 10.7 Å². The first kappa shape index (κ1) is 13.8. The first-order chi connectivity index (χ1) is 10.9. The summed E-state index contributed by atoms with van der Waals surface area (Å²) < 4.78 is 1.87. The van der Waals surface area contributed by atoms with Crippen molar-refractivity contribution in [3.05, 3.63) is 30.2 Å². The average Bonchev–Trinajstić information content (AvgIpc) is 3.03. The van der Waals surface area contributed by atoms with E-state index in [0.717, 1.165) is 41.1 Å². The molecule has 1 aliphatic heterocycles. The molecule has 0 aromatic carbocycles. The topological polar surface area (TPSA) is 59.2 Å². The Bertz CT molecular complexity index is 742. The number of likely N-dealkylation sites (tertiary alicyclic amines) is 1. The number of hydrogen-bond donors (Lipinski definition) is 0. The Kier molecular flexibility index (Phi) is 3.82. The molecule has 0 radical (unpaired) electrons. The smallest absolute Gasteiger partial charge is 0.235 e. The molecule has 114 valence electrons. The molecule has 0 N–H and O–H groups in total. The number of aromatic nitrogens is 5. The number of pyridine rings is 1. The Balaban J connectivity index is 1.60. The highest BCUT2D eigenvalue weighted by Crippen LogP contribution is 2.24. The Morgan fingerprint density at radius 2 is 1.91 bits per heavy atom. The van der Waals surface area contributed by atoms with Crippen LogP contribution in [0.1, 0.15) is 31.5 Å². The van der Waals surface area contributed by atoms with Gasteiger partial charge in [-0.3, -0.25) is 9.88 Å². The molecule has 7 heteroatoms. The fraction of sp³-hybridized carbons (Fsp3) is 0.467. The van der Waals surface area contributed by atoms with E-state index in [4.69, 9.17) is 0 Å². The van der Waals surface area contributed by atoms with Crippen molar-refractivity contribution in [2.75, 3.05) is 13.1 Å². The standard InChI is InChI=1S/C15H18N6S/c1-2-6-10-20(9-5-1)11-13-17-18-15-21(13)19-14(22-15)12-7-3-4-8-16-12/h3-4,7-8H,1-2,5-6,9-11H2. The van der Waals surface area contributed by atoms with Crippen molar-refractivity contribution in [3.63, 3.8) is 0 Å². The molecule has 0 bridgehead atoms. The third kappa shape index (κ3) is 2.74. The summed E-state index contributed by atoms with van der Waals surface area (Å²) in [7, 11) is 0. The molecule has 3 aromatic heterocycles. The SMILES string of the molecule is c1ccc(-c2nn3c(CN4CCCCCC4)nnc3s2)nc1. The number of rotatable bonds is 3. The van der Waals surface area contributed by atoms with Crippen molar-refractivity contribution in [2.45, 2.75) is 32.2 Å². The summed E-state index contributed by atoms with van der Waals surface area (Å²) in [4.78, 5) is 7.66. The molecular weight excluding hydrogens is 296 g/mol. The normalized spacial score (nSPS) is 16.9. The van der Waals surface area contributed by atoms with Gasteiger partial charge in [0.2, 0.25) is 4.96 Å². The van der Waals surface area contributed by atoms with E-state index in [9.17, 15) is 0 Å². The van der Waals surface area contributed by atoms with E-state index in [2.05, 4.69) is 25.2 Å². The van der Waals surface area contributed by atoms with Crippen molar-refractivity contribution >= 4 is 16.3 Å². The van der Waals surface area contributed by atoms with Crippen LogP contribution in [0.15, 0.2) is 24.4 Å². The van der Waals surface area contributed by atoms with Gasteiger partial charge < -0.3 is 0 Å². The van der Waals surface area contributed by atoms with E-state index in [1.165, 1.54) is 37.0 Å². The molecule has 0 spiro atoms. The van der Waals surface area contributed by atoms with Crippen molar-refractivity contribution < 1.29 is 0 Å². The lowest BCUT2D eigenvalue weighted by molar-refractivity contribution is 0.268. The zero-order valence-corrected chi connectivity index (χ0v) is 13.2. The molecule has 0 amide bonds. The van der Waals surface area contributed by atoms with Gasteiger partial charge in [0.1, 0.15) is 5.69 Å². The first-order valence-corrected chi connectivity index (χ1v) is 8.57. The van der Waals surface area contributed by atoms with Crippen LogP contribution < -0.4 is 0 Å². The van der Waals surface area contributed by atoms with Gasteiger partial charge in [0, 0.05) is 6.20 Å². The third-order valence-electron chi connectivity index (χ3n) is 4.00. The highest BCUT2D eigenvalue weighted by atomic mass is 32.1. The summed E-state index contributed by atoms with van der Waals surface area (Å²) in [6.07, 6.45) is 7.02. The van der Waals surface area contributed by atoms with Gasteiger partial charge in [-0.05, 0) is 38.1 Å². The van der Waals surface area contributed by atoms with Gasteiger partial charge in [0.05, 0.1) is 6.54 Å². The summed E-state index contributed by atoms with van der Waals surface area (Å²) in [6.45, 7) is 3.12. The molecule has 0 unspecified atom stereocenters. The maximum Gasteiger partial charge on any atom is 0.235 e. The second-order valence-electron chi connectivity index (χ2n) is 5.62. The van der Waals surface area contributed by atoms with Crippen molar-refractivity contribution in [1.82, 2.24) is 29.7 Å². The van der Waals surface area contributed by atoms with Crippen LogP contribution in [0.4, 0.5) is 0 Å². The third-order valence-corrected chi connectivity index (χ3v) is 4.92. The van der Waals surface area contributed by atoms with Crippen LogP contribution in [-0.4, -0.2) is 42.8 Å². The van der Waals surface area contributed by atoms with Gasteiger partial charge in [-0.15, -0.1) is 10.2 Å². The minimum Gasteiger partial charge on any atom is -0.296 e. The Morgan fingerprint density at radius 1 is 1.05 bits per heavy atom. The Hall–Kier alpha value is -1.86. The van der Waals surface area contributed by atoms with E-state index in [0.29, 0.717) is 0 Å². The quantitative estimate of drug-likeness (QED) is 0.744. The first-order valence-electron chi connectivity index (χ1n) is 7.75. The molecular formula is C15H18N6S. The number of fused-ring (bicyclic) bond motifs is 1.